The highest BCUT2D eigenvalue weighted by molar-refractivity contribution is 5.73. The highest BCUT2D eigenvalue weighted by Crippen LogP contribution is 2.33. The molecule has 0 spiro atoms. The normalized spacial score (nSPS) is 31.8. The topological polar surface area (TPSA) is 55.8 Å². The smallest absolute Gasteiger partial charge is 0.308 e. The monoisotopic (exact) mass is 316 g/mol. The van der Waals surface area contributed by atoms with Gasteiger partial charge in [-0.2, -0.15) is 0 Å². The van der Waals surface area contributed by atoms with Crippen LogP contribution in [0.1, 0.15) is 59.8 Å². The van der Waals surface area contributed by atoms with Gasteiger partial charge in [0.1, 0.15) is 0 Å². The maximum atomic E-state index is 10.7. The van der Waals surface area contributed by atoms with Gasteiger partial charge in [-0.1, -0.05) is 21.3 Å². The highest BCUT2D eigenvalue weighted by Gasteiger charge is 2.31. The number of esters is 1. The van der Waals surface area contributed by atoms with Crippen molar-refractivity contribution in [2.24, 2.45) is 23.7 Å². The van der Waals surface area contributed by atoms with E-state index >= 15 is 0 Å². The molecule has 4 nitrogen and oxygen atoms in total. The maximum absolute atomic E-state index is 10.7. The summed E-state index contributed by atoms with van der Waals surface area (Å²) in [5, 5.41) is 8.50. The summed E-state index contributed by atoms with van der Waals surface area (Å²) in [6, 6.07) is 0. The van der Waals surface area contributed by atoms with E-state index in [4.69, 9.17) is 9.84 Å². The standard InChI is InChI=1S/C7H12O2.C6H12O.C4H8O.CH4/c1-5-3-6(4-5)7(8)9-2;1-5-2-6(3-5)4-7;1-2-4-5-3-1;/h5-6H,3-4H2,1-2H3;5-7H,2-4H2,1H3;1-4H2;1H4. The molecule has 0 aromatic heterocycles. The lowest BCUT2D eigenvalue weighted by Crippen LogP contribution is -2.29. The zero-order valence-corrected chi connectivity index (χ0v) is 13.8. The third-order valence-electron chi connectivity index (χ3n) is 4.47. The molecule has 0 radical (unpaired) electrons. The molecule has 0 atom stereocenters. The minimum absolute atomic E-state index is 0. The lowest BCUT2D eigenvalue weighted by atomic mass is 9.76. The molecule has 3 rings (SSSR count). The average molecular weight is 316 g/mol. The number of aliphatic hydroxyl groups excluding tert-OH is 1. The van der Waals surface area contributed by atoms with Crippen LogP contribution in [0.15, 0.2) is 0 Å². The van der Waals surface area contributed by atoms with Crippen LogP contribution < -0.4 is 0 Å². The minimum Gasteiger partial charge on any atom is -0.469 e. The number of rotatable bonds is 2. The molecule has 22 heavy (non-hydrogen) atoms. The summed E-state index contributed by atoms with van der Waals surface area (Å²) >= 11 is 0. The Kier molecular flexibility index (Phi) is 11.6. The second kappa shape index (κ2) is 11.9. The number of ether oxygens (including phenoxy) is 2. The molecular formula is C18H36O4. The Balaban J connectivity index is 0.000000305. The van der Waals surface area contributed by atoms with Crippen molar-refractivity contribution in [2.45, 2.75) is 59.8 Å². The van der Waals surface area contributed by atoms with Crippen molar-refractivity contribution in [1.82, 2.24) is 0 Å². The van der Waals surface area contributed by atoms with Crippen molar-refractivity contribution in [1.29, 1.82) is 0 Å². The lowest BCUT2D eigenvalue weighted by molar-refractivity contribution is -0.149. The Morgan fingerprint density at radius 1 is 1.09 bits per heavy atom. The van der Waals surface area contributed by atoms with Gasteiger partial charge < -0.3 is 14.6 Å². The average Bonchev–Trinajstić information content (AvgIpc) is 2.99. The Morgan fingerprint density at radius 2 is 1.59 bits per heavy atom. The summed E-state index contributed by atoms with van der Waals surface area (Å²) < 4.78 is 9.51. The van der Waals surface area contributed by atoms with Crippen LogP contribution in [0.5, 0.6) is 0 Å². The first kappa shape index (κ1) is 21.4. The number of hydrogen-bond donors (Lipinski definition) is 1. The molecule has 1 saturated heterocycles. The van der Waals surface area contributed by atoms with E-state index in [0.29, 0.717) is 12.5 Å². The molecule has 1 N–H and O–H groups in total. The number of carbonyl (C=O) groups is 1. The number of carbonyl (C=O) groups excluding carboxylic acids is 1. The Morgan fingerprint density at radius 3 is 1.82 bits per heavy atom. The largest absolute Gasteiger partial charge is 0.469 e. The molecular weight excluding hydrogens is 280 g/mol. The predicted molar refractivity (Wildman–Crippen MR) is 89.7 cm³/mol. The first-order valence-corrected chi connectivity index (χ1v) is 8.33. The van der Waals surface area contributed by atoms with E-state index in [1.165, 1.54) is 32.8 Å². The zero-order chi connectivity index (χ0) is 15.7. The van der Waals surface area contributed by atoms with E-state index in [0.717, 1.165) is 37.9 Å². The molecule has 132 valence electrons. The summed E-state index contributed by atoms with van der Waals surface area (Å²) in [5.41, 5.74) is 0. The molecule has 0 amide bonds. The highest BCUT2D eigenvalue weighted by atomic mass is 16.5. The van der Waals surface area contributed by atoms with Crippen LogP contribution in [-0.2, 0) is 14.3 Å². The van der Waals surface area contributed by atoms with E-state index in [1.54, 1.807) is 0 Å². The van der Waals surface area contributed by atoms with Gasteiger partial charge >= 0.3 is 5.97 Å². The van der Waals surface area contributed by atoms with Crippen LogP contribution in [-0.4, -0.2) is 38.0 Å². The molecule has 2 saturated carbocycles. The van der Waals surface area contributed by atoms with Crippen LogP contribution in [0, 0.1) is 23.7 Å². The molecule has 1 heterocycles. The van der Waals surface area contributed by atoms with Crippen molar-refractivity contribution in [2.75, 3.05) is 26.9 Å². The molecule has 3 aliphatic rings. The maximum Gasteiger partial charge on any atom is 0.308 e. The van der Waals surface area contributed by atoms with E-state index in [2.05, 4.69) is 18.6 Å². The van der Waals surface area contributed by atoms with Gasteiger partial charge in [-0.15, -0.1) is 0 Å². The number of methoxy groups -OCH3 is 1. The molecule has 0 bridgehead atoms. The second-order valence-electron chi connectivity index (χ2n) is 6.74. The number of aliphatic hydroxyl groups is 1. The van der Waals surface area contributed by atoms with Crippen LogP contribution in [0.4, 0.5) is 0 Å². The van der Waals surface area contributed by atoms with E-state index in [1.807, 2.05) is 0 Å². The molecule has 3 fully saturated rings. The van der Waals surface area contributed by atoms with Gasteiger partial charge in [0.25, 0.3) is 0 Å². The molecule has 4 heteroatoms. The van der Waals surface area contributed by atoms with Gasteiger partial charge in [-0.25, -0.2) is 0 Å². The molecule has 1 aliphatic heterocycles. The quantitative estimate of drug-likeness (QED) is 0.790. The Labute approximate surface area is 136 Å². The van der Waals surface area contributed by atoms with E-state index in [9.17, 15) is 4.79 Å². The van der Waals surface area contributed by atoms with Gasteiger partial charge in [-0.05, 0) is 56.3 Å². The minimum atomic E-state index is -0.0342. The summed E-state index contributed by atoms with van der Waals surface area (Å²) in [6.07, 6.45) is 7.09. The lowest BCUT2D eigenvalue weighted by Gasteiger charge is -2.30. The van der Waals surface area contributed by atoms with Crippen LogP contribution in [0.25, 0.3) is 0 Å². The van der Waals surface area contributed by atoms with Crippen molar-refractivity contribution in [3.8, 4) is 0 Å². The first-order chi connectivity index (χ1) is 10.1. The summed E-state index contributed by atoms with van der Waals surface area (Å²) in [6.45, 7) is 6.79. The molecule has 0 unspecified atom stereocenters. The van der Waals surface area contributed by atoms with Gasteiger partial charge in [0.15, 0.2) is 0 Å². The molecule has 0 aromatic rings. The van der Waals surface area contributed by atoms with Crippen molar-refractivity contribution < 1.29 is 19.4 Å². The third-order valence-corrected chi connectivity index (χ3v) is 4.47. The second-order valence-corrected chi connectivity index (χ2v) is 6.74. The van der Waals surface area contributed by atoms with E-state index in [-0.39, 0.29) is 19.3 Å². The van der Waals surface area contributed by atoms with Crippen LogP contribution in [0.3, 0.4) is 0 Å². The van der Waals surface area contributed by atoms with Gasteiger partial charge in [0.2, 0.25) is 0 Å². The van der Waals surface area contributed by atoms with Gasteiger partial charge in [-0.3, -0.25) is 4.79 Å². The fourth-order valence-electron chi connectivity index (χ4n) is 2.99. The molecule has 2 aliphatic carbocycles. The van der Waals surface area contributed by atoms with Crippen LogP contribution >= 0.6 is 0 Å². The Hall–Kier alpha value is -0.610. The molecule has 0 aromatic carbocycles. The number of hydrogen-bond acceptors (Lipinski definition) is 4. The van der Waals surface area contributed by atoms with Crippen molar-refractivity contribution in [3.05, 3.63) is 0 Å². The Bertz CT molecular complexity index is 269. The van der Waals surface area contributed by atoms with Crippen molar-refractivity contribution in [3.63, 3.8) is 0 Å². The SMILES string of the molecule is C.C1CCOC1.CC1CC(CO)C1.COC(=O)C1CC(C)C1. The third kappa shape index (κ3) is 8.14. The first-order valence-electron chi connectivity index (χ1n) is 8.33. The summed E-state index contributed by atoms with van der Waals surface area (Å²) in [7, 11) is 1.45. The van der Waals surface area contributed by atoms with E-state index < -0.39 is 0 Å². The van der Waals surface area contributed by atoms with Crippen LogP contribution in [0.2, 0.25) is 0 Å². The summed E-state index contributed by atoms with van der Waals surface area (Å²) in [4.78, 5) is 10.7. The van der Waals surface area contributed by atoms with Gasteiger partial charge in [0.05, 0.1) is 13.0 Å². The van der Waals surface area contributed by atoms with Gasteiger partial charge in [0, 0.05) is 19.8 Å². The zero-order valence-electron chi connectivity index (χ0n) is 13.8. The fraction of sp³-hybridized carbons (Fsp3) is 0.944. The predicted octanol–water partition coefficient (Wildman–Crippen LogP) is 3.66. The fourth-order valence-corrected chi connectivity index (χ4v) is 2.99. The summed E-state index contributed by atoms with van der Waals surface area (Å²) in [5.74, 6) is 2.44. The van der Waals surface area contributed by atoms with Crippen molar-refractivity contribution >= 4 is 5.97 Å².